The van der Waals surface area contributed by atoms with Crippen molar-refractivity contribution >= 4 is 12.1 Å². The molecule has 0 radical (unpaired) electrons. The van der Waals surface area contributed by atoms with E-state index in [-0.39, 0.29) is 11.7 Å². The molecule has 0 fully saturated rings. The minimum Gasteiger partial charge on any atom is -0.496 e. The molecule has 1 heterocycles. The summed E-state index contributed by atoms with van der Waals surface area (Å²) in [7, 11) is 1.50. The number of rotatable bonds is 5. The average Bonchev–Trinajstić information content (AvgIpc) is 3.11. The first-order valence-electron chi connectivity index (χ1n) is 7.49. The zero-order chi connectivity index (χ0) is 17.6. The van der Waals surface area contributed by atoms with Crippen molar-refractivity contribution in [2.24, 2.45) is 5.10 Å². The molecule has 0 atom stereocenters. The second-order valence-electron chi connectivity index (χ2n) is 5.11. The summed E-state index contributed by atoms with van der Waals surface area (Å²) in [5.41, 5.74) is 3.55. The van der Waals surface area contributed by atoms with Gasteiger partial charge in [-0.1, -0.05) is 12.1 Å². The molecular formula is C19H15FN2O3. The number of halogens is 1. The number of methoxy groups -OCH3 is 1. The van der Waals surface area contributed by atoms with Crippen LogP contribution in [0.4, 0.5) is 4.39 Å². The Hall–Kier alpha value is -3.41. The molecule has 0 bridgehead atoms. The van der Waals surface area contributed by atoms with E-state index in [1.807, 2.05) is 0 Å². The van der Waals surface area contributed by atoms with Crippen LogP contribution in [-0.4, -0.2) is 19.2 Å². The van der Waals surface area contributed by atoms with Crippen LogP contribution in [0.1, 0.15) is 16.1 Å². The minimum absolute atomic E-state index is 0.309. The monoisotopic (exact) mass is 338 g/mol. The predicted octanol–water partition coefficient (Wildman–Crippen LogP) is 3.86. The van der Waals surface area contributed by atoms with Gasteiger partial charge in [0.2, 0.25) is 0 Å². The van der Waals surface area contributed by atoms with Crippen LogP contribution in [0, 0.1) is 5.82 Å². The van der Waals surface area contributed by atoms with E-state index >= 15 is 0 Å². The number of nitrogens with zero attached hydrogens (tertiary/aromatic N) is 1. The summed E-state index contributed by atoms with van der Waals surface area (Å²) >= 11 is 0. The van der Waals surface area contributed by atoms with Gasteiger partial charge in [0.15, 0.2) is 0 Å². The third kappa shape index (κ3) is 3.92. The molecule has 0 unspecified atom stereocenters. The Morgan fingerprint density at radius 2 is 1.88 bits per heavy atom. The second kappa shape index (κ2) is 7.44. The topological polar surface area (TPSA) is 63.8 Å². The lowest BCUT2D eigenvalue weighted by molar-refractivity contribution is 0.0952. The average molecular weight is 338 g/mol. The molecular weight excluding hydrogens is 323 g/mol. The first kappa shape index (κ1) is 16.4. The summed E-state index contributed by atoms with van der Waals surface area (Å²) in [4.78, 5) is 12.1. The number of carbonyl (C=O) groups is 1. The zero-order valence-corrected chi connectivity index (χ0v) is 13.4. The van der Waals surface area contributed by atoms with Crippen LogP contribution in [-0.2, 0) is 0 Å². The molecule has 0 aliphatic heterocycles. The van der Waals surface area contributed by atoms with Gasteiger partial charge in [-0.3, -0.25) is 4.79 Å². The number of para-hydroxylation sites is 1. The molecule has 0 spiro atoms. The van der Waals surface area contributed by atoms with Gasteiger partial charge in [0, 0.05) is 5.56 Å². The molecule has 0 saturated heterocycles. The van der Waals surface area contributed by atoms with Crippen molar-refractivity contribution < 1.29 is 18.3 Å². The van der Waals surface area contributed by atoms with Gasteiger partial charge in [0.05, 0.1) is 18.9 Å². The van der Waals surface area contributed by atoms with Crippen molar-refractivity contribution in [2.45, 2.75) is 0 Å². The first-order chi connectivity index (χ1) is 12.2. The van der Waals surface area contributed by atoms with Crippen LogP contribution < -0.4 is 10.2 Å². The Balaban J connectivity index is 1.67. The van der Waals surface area contributed by atoms with Crippen molar-refractivity contribution in [3.05, 3.63) is 77.8 Å². The fraction of sp³-hybridized carbons (Fsp3) is 0.0526. The fourth-order valence-corrected chi connectivity index (χ4v) is 2.24. The Bertz CT molecular complexity index is 901. The van der Waals surface area contributed by atoms with Gasteiger partial charge in [-0.2, -0.15) is 5.10 Å². The van der Waals surface area contributed by atoms with Gasteiger partial charge in [-0.15, -0.1) is 0 Å². The van der Waals surface area contributed by atoms with Crippen molar-refractivity contribution in [3.8, 4) is 17.1 Å². The Morgan fingerprint density at radius 3 is 2.64 bits per heavy atom. The van der Waals surface area contributed by atoms with Crippen molar-refractivity contribution in [2.75, 3.05) is 7.11 Å². The normalized spacial score (nSPS) is 10.8. The summed E-state index contributed by atoms with van der Waals surface area (Å²) in [5, 5.41) is 3.88. The van der Waals surface area contributed by atoms with Crippen LogP contribution in [0.2, 0.25) is 0 Å². The van der Waals surface area contributed by atoms with Gasteiger partial charge in [0.1, 0.15) is 23.1 Å². The van der Waals surface area contributed by atoms with Gasteiger partial charge in [0.25, 0.3) is 5.91 Å². The van der Waals surface area contributed by atoms with Crippen LogP contribution in [0.25, 0.3) is 11.3 Å². The van der Waals surface area contributed by atoms with Gasteiger partial charge in [-0.25, -0.2) is 9.82 Å². The minimum atomic E-state index is -0.390. The number of hydrazone groups is 1. The second-order valence-corrected chi connectivity index (χ2v) is 5.11. The quantitative estimate of drug-likeness (QED) is 0.567. The molecule has 126 valence electrons. The Labute approximate surface area is 143 Å². The smallest absolute Gasteiger partial charge is 0.275 e. The molecule has 6 heteroatoms. The van der Waals surface area contributed by atoms with E-state index < -0.39 is 0 Å². The molecule has 2 aromatic carbocycles. The lowest BCUT2D eigenvalue weighted by Crippen LogP contribution is -2.18. The van der Waals surface area contributed by atoms with E-state index in [0.29, 0.717) is 22.8 Å². The van der Waals surface area contributed by atoms with Crippen LogP contribution >= 0.6 is 0 Å². The summed E-state index contributed by atoms with van der Waals surface area (Å²) < 4.78 is 23.7. The molecule has 3 aromatic rings. The fourth-order valence-electron chi connectivity index (χ4n) is 2.24. The molecule has 1 N–H and O–H groups in total. The van der Waals surface area contributed by atoms with E-state index in [0.717, 1.165) is 5.56 Å². The summed E-state index contributed by atoms with van der Waals surface area (Å²) in [5.74, 6) is 0.805. The maximum Gasteiger partial charge on any atom is 0.275 e. The maximum absolute atomic E-state index is 12.9. The van der Waals surface area contributed by atoms with E-state index in [2.05, 4.69) is 10.5 Å². The molecule has 1 amide bonds. The largest absolute Gasteiger partial charge is 0.496 e. The molecule has 25 heavy (non-hydrogen) atoms. The number of nitrogens with one attached hydrogen (secondary N) is 1. The number of ether oxygens (including phenoxy) is 1. The number of furan rings is 1. The molecule has 1 aromatic heterocycles. The van der Waals surface area contributed by atoms with Gasteiger partial charge < -0.3 is 9.15 Å². The zero-order valence-electron chi connectivity index (χ0n) is 13.4. The highest BCUT2D eigenvalue weighted by molar-refractivity contribution is 5.97. The van der Waals surface area contributed by atoms with Crippen LogP contribution in [0.15, 0.2) is 70.2 Å². The van der Waals surface area contributed by atoms with Gasteiger partial charge >= 0.3 is 0 Å². The first-order valence-corrected chi connectivity index (χ1v) is 7.49. The van der Waals surface area contributed by atoms with E-state index in [1.165, 1.54) is 25.5 Å². The van der Waals surface area contributed by atoms with Crippen molar-refractivity contribution in [1.29, 1.82) is 0 Å². The SMILES string of the molecule is COc1ccccc1C(=O)N/N=C\c1ccc(-c2ccc(F)cc2)o1. The third-order valence-electron chi connectivity index (χ3n) is 3.47. The number of benzene rings is 2. The number of hydrogen-bond donors (Lipinski definition) is 1. The van der Waals surface area contributed by atoms with Crippen LogP contribution in [0.3, 0.4) is 0 Å². The predicted molar refractivity (Wildman–Crippen MR) is 92.2 cm³/mol. The summed E-state index contributed by atoms with van der Waals surface area (Å²) in [6.07, 6.45) is 1.39. The van der Waals surface area contributed by atoms with Crippen molar-refractivity contribution in [1.82, 2.24) is 5.43 Å². The Kier molecular flexibility index (Phi) is 4.89. The lowest BCUT2D eigenvalue weighted by atomic mass is 10.2. The maximum atomic E-state index is 12.9. The Morgan fingerprint density at radius 1 is 1.12 bits per heavy atom. The molecule has 3 rings (SSSR count). The number of hydrogen-bond acceptors (Lipinski definition) is 4. The van der Waals surface area contributed by atoms with E-state index in [4.69, 9.17) is 9.15 Å². The van der Waals surface area contributed by atoms with Crippen molar-refractivity contribution in [3.63, 3.8) is 0 Å². The highest BCUT2D eigenvalue weighted by Crippen LogP contribution is 2.21. The highest BCUT2D eigenvalue weighted by Gasteiger charge is 2.10. The lowest BCUT2D eigenvalue weighted by Gasteiger charge is -2.05. The third-order valence-corrected chi connectivity index (χ3v) is 3.47. The van der Waals surface area contributed by atoms with E-state index in [9.17, 15) is 9.18 Å². The van der Waals surface area contributed by atoms with Crippen LogP contribution in [0.5, 0.6) is 5.75 Å². The molecule has 0 aliphatic carbocycles. The summed E-state index contributed by atoms with van der Waals surface area (Å²) in [6, 6.07) is 16.3. The summed E-state index contributed by atoms with van der Waals surface area (Å²) in [6.45, 7) is 0. The number of carbonyl (C=O) groups excluding carboxylic acids is 1. The molecule has 5 nitrogen and oxygen atoms in total. The number of amides is 1. The standard InChI is InChI=1S/C19H15FN2O3/c1-24-18-5-3-2-4-16(18)19(23)22-21-12-15-10-11-17(25-15)13-6-8-14(20)9-7-13/h2-12H,1H3,(H,22,23)/b21-12-. The highest BCUT2D eigenvalue weighted by atomic mass is 19.1. The molecule has 0 saturated carbocycles. The van der Waals surface area contributed by atoms with Gasteiger partial charge in [-0.05, 0) is 48.5 Å². The molecule has 0 aliphatic rings. The van der Waals surface area contributed by atoms with E-state index in [1.54, 1.807) is 48.5 Å².